The van der Waals surface area contributed by atoms with E-state index in [1.165, 1.54) is 12.1 Å². The molecule has 2 aromatic rings. The van der Waals surface area contributed by atoms with Crippen molar-refractivity contribution < 1.29 is 14.0 Å². The van der Waals surface area contributed by atoms with Crippen LogP contribution in [-0.4, -0.2) is 51.2 Å². The second-order valence-electron chi connectivity index (χ2n) is 9.15. The maximum Gasteiger partial charge on any atom is 0.322 e. The number of carbonyl (C=O) groups is 2. The molecule has 31 heavy (non-hydrogen) atoms. The normalized spacial score (nSPS) is 19.9. The van der Waals surface area contributed by atoms with Crippen molar-refractivity contribution >= 4 is 23.3 Å². The topological polar surface area (TPSA) is 74.8 Å². The molecule has 3 amide bonds. The van der Waals surface area contributed by atoms with Gasteiger partial charge < -0.3 is 15.1 Å². The summed E-state index contributed by atoms with van der Waals surface area (Å²) < 4.78 is 15.4. The Hall–Kier alpha value is -3.41. The third-order valence-electron chi connectivity index (χ3n) is 5.85. The SMILES string of the molecule is [C-]#[N+]c1cc(NC(=O)N2Cc3c(nn4c3C(=O)N(C)CC(C)(C)C4)CC2C)ccc1F. The van der Waals surface area contributed by atoms with E-state index in [9.17, 15) is 14.0 Å². The molecule has 8 nitrogen and oxygen atoms in total. The zero-order valence-electron chi connectivity index (χ0n) is 18.1. The van der Waals surface area contributed by atoms with Gasteiger partial charge in [0, 0.05) is 49.3 Å². The molecule has 1 unspecified atom stereocenters. The highest BCUT2D eigenvalue weighted by molar-refractivity contribution is 5.95. The fraction of sp³-hybridized carbons (Fsp3) is 0.455. The Labute approximate surface area is 180 Å². The van der Waals surface area contributed by atoms with Crippen molar-refractivity contribution in [3.05, 3.63) is 52.4 Å². The standard InChI is InChI=1S/C22H25FN6O2/c1-13-8-17-15(19-20(30)27(5)11-22(2,3)12-29(19)26-17)10-28(13)21(31)25-14-6-7-16(23)18(9-14)24-4/h6-7,9,13H,8,10-12H2,1-3,5H3,(H,25,31). The number of anilines is 1. The van der Waals surface area contributed by atoms with E-state index in [4.69, 9.17) is 11.7 Å². The maximum absolute atomic E-state index is 13.6. The van der Waals surface area contributed by atoms with Crippen LogP contribution in [0.25, 0.3) is 4.85 Å². The summed E-state index contributed by atoms with van der Waals surface area (Å²) in [4.78, 5) is 32.6. The van der Waals surface area contributed by atoms with E-state index < -0.39 is 5.82 Å². The van der Waals surface area contributed by atoms with E-state index in [-0.39, 0.29) is 35.6 Å². The first-order chi connectivity index (χ1) is 14.6. The highest BCUT2D eigenvalue weighted by Crippen LogP contribution is 2.32. The van der Waals surface area contributed by atoms with Gasteiger partial charge in [-0.25, -0.2) is 14.0 Å². The van der Waals surface area contributed by atoms with Gasteiger partial charge in [0.1, 0.15) is 11.5 Å². The van der Waals surface area contributed by atoms with Crippen LogP contribution in [0.3, 0.4) is 0 Å². The fourth-order valence-corrected chi connectivity index (χ4v) is 4.44. The monoisotopic (exact) mass is 424 g/mol. The van der Waals surface area contributed by atoms with Gasteiger partial charge in [-0.05, 0) is 25.1 Å². The Balaban J connectivity index is 1.63. The van der Waals surface area contributed by atoms with E-state index in [0.29, 0.717) is 30.9 Å². The maximum atomic E-state index is 13.6. The Morgan fingerprint density at radius 1 is 1.35 bits per heavy atom. The Morgan fingerprint density at radius 2 is 2.10 bits per heavy atom. The zero-order chi connectivity index (χ0) is 22.5. The number of carbonyl (C=O) groups excluding carboxylic acids is 2. The quantitative estimate of drug-likeness (QED) is 0.710. The van der Waals surface area contributed by atoms with Crippen LogP contribution in [0.5, 0.6) is 0 Å². The molecule has 0 saturated heterocycles. The summed E-state index contributed by atoms with van der Waals surface area (Å²) in [5.74, 6) is -0.716. The lowest BCUT2D eigenvalue weighted by molar-refractivity contribution is 0.0750. The van der Waals surface area contributed by atoms with Crippen LogP contribution in [0.2, 0.25) is 0 Å². The first-order valence-corrected chi connectivity index (χ1v) is 10.2. The van der Waals surface area contributed by atoms with Crippen LogP contribution in [0, 0.1) is 17.8 Å². The van der Waals surface area contributed by atoms with Crippen LogP contribution in [0.4, 0.5) is 20.6 Å². The smallest absolute Gasteiger partial charge is 0.322 e. The summed E-state index contributed by atoms with van der Waals surface area (Å²) >= 11 is 0. The van der Waals surface area contributed by atoms with E-state index in [1.54, 1.807) is 21.5 Å². The third kappa shape index (κ3) is 3.74. The summed E-state index contributed by atoms with van der Waals surface area (Å²) in [5.41, 5.74) is 2.26. The number of benzene rings is 1. The van der Waals surface area contributed by atoms with Gasteiger partial charge in [0.05, 0.1) is 18.8 Å². The molecule has 1 N–H and O–H groups in total. The summed E-state index contributed by atoms with van der Waals surface area (Å²) in [6.07, 6.45) is 0.539. The van der Waals surface area contributed by atoms with Crippen molar-refractivity contribution in [2.75, 3.05) is 18.9 Å². The number of hydrogen-bond donors (Lipinski definition) is 1. The van der Waals surface area contributed by atoms with Crippen molar-refractivity contribution in [3.63, 3.8) is 0 Å². The summed E-state index contributed by atoms with van der Waals surface area (Å²) in [7, 11) is 1.79. The van der Waals surface area contributed by atoms with E-state index in [1.807, 2.05) is 6.92 Å². The summed E-state index contributed by atoms with van der Waals surface area (Å²) in [5, 5.41) is 7.48. The van der Waals surface area contributed by atoms with E-state index in [0.717, 1.165) is 17.3 Å². The molecule has 4 rings (SSSR count). The number of halogens is 1. The molecule has 162 valence electrons. The largest absolute Gasteiger partial charge is 0.340 e. The molecule has 0 fully saturated rings. The molecule has 2 aliphatic rings. The number of rotatable bonds is 1. The number of amides is 3. The predicted octanol–water partition coefficient (Wildman–Crippen LogP) is 3.66. The molecule has 1 aromatic carbocycles. The van der Waals surface area contributed by atoms with Crippen molar-refractivity contribution in [2.24, 2.45) is 5.41 Å². The molecule has 0 aliphatic carbocycles. The average molecular weight is 424 g/mol. The van der Waals surface area contributed by atoms with E-state index in [2.05, 4.69) is 24.0 Å². The molecule has 9 heteroatoms. The van der Waals surface area contributed by atoms with Gasteiger partial charge in [-0.3, -0.25) is 9.48 Å². The van der Waals surface area contributed by atoms with E-state index >= 15 is 0 Å². The number of fused-ring (bicyclic) bond motifs is 3. The Bertz CT molecular complexity index is 1120. The van der Waals surface area contributed by atoms with Gasteiger partial charge in [0.15, 0.2) is 0 Å². The minimum absolute atomic E-state index is 0.0885. The Kier molecular flexibility index (Phi) is 4.96. The molecular weight excluding hydrogens is 399 g/mol. The molecule has 2 aliphatic heterocycles. The number of hydrogen-bond acceptors (Lipinski definition) is 3. The lowest BCUT2D eigenvalue weighted by Gasteiger charge is -2.33. The van der Waals surface area contributed by atoms with Crippen molar-refractivity contribution in [2.45, 2.75) is 46.3 Å². The molecule has 0 bridgehead atoms. The number of nitrogens with zero attached hydrogens (tertiary/aromatic N) is 5. The highest BCUT2D eigenvalue weighted by atomic mass is 19.1. The van der Waals surface area contributed by atoms with Gasteiger partial charge in [-0.15, -0.1) is 0 Å². The fourth-order valence-electron chi connectivity index (χ4n) is 4.44. The third-order valence-corrected chi connectivity index (χ3v) is 5.85. The van der Waals surface area contributed by atoms with Gasteiger partial charge in [-0.2, -0.15) is 5.10 Å². The van der Waals surface area contributed by atoms with Gasteiger partial charge >= 0.3 is 6.03 Å². The first-order valence-electron chi connectivity index (χ1n) is 10.2. The number of aromatic nitrogens is 2. The lowest BCUT2D eigenvalue weighted by atomic mass is 9.93. The highest BCUT2D eigenvalue weighted by Gasteiger charge is 2.38. The van der Waals surface area contributed by atoms with Crippen LogP contribution in [-0.2, 0) is 19.5 Å². The lowest BCUT2D eigenvalue weighted by Crippen LogP contribution is -2.45. The molecule has 0 radical (unpaired) electrons. The molecule has 1 aromatic heterocycles. The van der Waals surface area contributed by atoms with Crippen molar-refractivity contribution in [1.82, 2.24) is 19.6 Å². The zero-order valence-corrected chi connectivity index (χ0v) is 18.1. The molecular formula is C22H25FN6O2. The average Bonchev–Trinajstić information content (AvgIpc) is 2.99. The van der Waals surface area contributed by atoms with Crippen LogP contribution in [0.1, 0.15) is 42.5 Å². The molecule has 0 saturated carbocycles. The van der Waals surface area contributed by atoms with Crippen LogP contribution >= 0.6 is 0 Å². The minimum atomic E-state index is -0.628. The van der Waals surface area contributed by atoms with Gasteiger partial charge in [0.25, 0.3) is 5.91 Å². The number of nitrogens with one attached hydrogen (secondary N) is 1. The first kappa shape index (κ1) is 20.8. The molecule has 3 heterocycles. The number of urea groups is 1. The minimum Gasteiger partial charge on any atom is -0.340 e. The second-order valence-corrected chi connectivity index (χ2v) is 9.15. The second kappa shape index (κ2) is 7.38. The summed E-state index contributed by atoms with van der Waals surface area (Å²) in [6, 6.07) is 3.40. The predicted molar refractivity (Wildman–Crippen MR) is 113 cm³/mol. The Morgan fingerprint density at radius 3 is 2.81 bits per heavy atom. The van der Waals surface area contributed by atoms with Gasteiger partial charge in [0.2, 0.25) is 5.69 Å². The van der Waals surface area contributed by atoms with Gasteiger partial charge in [-0.1, -0.05) is 13.8 Å². The van der Waals surface area contributed by atoms with Crippen LogP contribution in [0.15, 0.2) is 18.2 Å². The van der Waals surface area contributed by atoms with Crippen molar-refractivity contribution in [1.29, 1.82) is 0 Å². The summed E-state index contributed by atoms with van der Waals surface area (Å²) in [6.45, 7) is 14.7. The molecule has 0 spiro atoms. The van der Waals surface area contributed by atoms with Crippen LogP contribution < -0.4 is 5.32 Å². The van der Waals surface area contributed by atoms with Crippen molar-refractivity contribution in [3.8, 4) is 0 Å². The molecule has 1 atom stereocenters.